The van der Waals surface area contributed by atoms with Gasteiger partial charge in [-0.3, -0.25) is 10.1 Å². The number of hydrogen-bond acceptors (Lipinski definition) is 4. The van der Waals surface area contributed by atoms with Crippen LogP contribution in [-0.2, 0) is 6.42 Å². The zero-order valence-electron chi connectivity index (χ0n) is 14.2. The van der Waals surface area contributed by atoms with Crippen LogP contribution < -0.4 is 15.4 Å². The van der Waals surface area contributed by atoms with Crippen molar-refractivity contribution in [3.05, 3.63) is 58.1 Å². The molecular weight excluding hydrogens is 338 g/mol. The molecule has 0 spiro atoms. The van der Waals surface area contributed by atoms with E-state index in [1.807, 2.05) is 12.1 Å². The third-order valence-electron chi connectivity index (χ3n) is 3.67. The van der Waals surface area contributed by atoms with Crippen LogP contribution in [0.1, 0.15) is 25.3 Å². The first-order valence-electron chi connectivity index (χ1n) is 8.03. The van der Waals surface area contributed by atoms with E-state index < -0.39 is 4.92 Å². The minimum absolute atomic E-state index is 0.0358. The number of methoxy groups -OCH3 is 1. The number of nitrogens with one attached hydrogen (secondary N) is 2. The van der Waals surface area contributed by atoms with Gasteiger partial charge in [-0.2, -0.15) is 0 Å². The van der Waals surface area contributed by atoms with E-state index in [-0.39, 0.29) is 5.69 Å². The van der Waals surface area contributed by atoms with Crippen LogP contribution in [0, 0.1) is 10.1 Å². The first kappa shape index (κ1) is 18.7. The normalized spacial score (nSPS) is 10.2. The molecule has 0 aliphatic carbocycles. The summed E-state index contributed by atoms with van der Waals surface area (Å²) < 4.78 is 5.21. The van der Waals surface area contributed by atoms with Crippen LogP contribution >= 0.6 is 12.2 Å². The fraction of sp³-hybridized carbons (Fsp3) is 0.278. The fourth-order valence-corrected chi connectivity index (χ4v) is 2.56. The molecule has 0 saturated heterocycles. The number of non-ortho nitro benzene ring substituents is 1. The molecule has 0 amide bonds. The number of nitrogens with zero attached hydrogens (tertiary/aromatic N) is 1. The number of ether oxygens (including phenoxy) is 1. The molecule has 0 unspecified atom stereocenters. The molecule has 0 saturated carbocycles. The Labute approximate surface area is 152 Å². The molecule has 2 aromatic carbocycles. The molecule has 0 radical (unpaired) electrons. The summed E-state index contributed by atoms with van der Waals surface area (Å²) in [6, 6.07) is 12.4. The minimum atomic E-state index is -0.462. The first-order valence-corrected chi connectivity index (χ1v) is 8.43. The van der Waals surface area contributed by atoms with E-state index in [1.165, 1.54) is 43.7 Å². The predicted molar refractivity (Wildman–Crippen MR) is 105 cm³/mol. The lowest BCUT2D eigenvalue weighted by atomic mass is 10.1. The Bertz CT molecular complexity index is 748. The summed E-state index contributed by atoms with van der Waals surface area (Å²) >= 11 is 5.29. The van der Waals surface area contributed by atoms with Crippen LogP contribution in [0.2, 0.25) is 0 Å². The van der Waals surface area contributed by atoms with Crippen molar-refractivity contribution in [2.45, 2.75) is 26.2 Å². The van der Waals surface area contributed by atoms with Gasteiger partial charge in [0, 0.05) is 17.8 Å². The van der Waals surface area contributed by atoms with Gasteiger partial charge >= 0.3 is 0 Å². The van der Waals surface area contributed by atoms with Crippen molar-refractivity contribution in [2.24, 2.45) is 0 Å². The Morgan fingerprint density at radius 3 is 2.52 bits per heavy atom. The molecular formula is C18H21N3O3S. The highest BCUT2D eigenvalue weighted by Crippen LogP contribution is 2.29. The Morgan fingerprint density at radius 1 is 1.20 bits per heavy atom. The minimum Gasteiger partial charge on any atom is -0.495 e. The van der Waals surface area contributed by atoms with Crippen molar-refractivity contribution in [1.29, 1.82) is 0 Å². The van der Waals surface area contributed by atoms with Crippen molar-refractivity contribution in [2.75, 3.05) is 17.7 Å². The number of thiocarbonyl (C=S) groups is 1. The number of rotatable bonds is 7. The van der Waals surface area contributed by atoms with Gasteiger partial charge < -0.3 is 15.4 Å². The van der Waals surface area contributed by atoms with Gasteiger partial charge in [0.05, 0.1) is 17.7 Å². The quantitative estimate of drug-likeness (QED) is 0.422. The van der Waals surface area contributed by atoms with Gasteiger partial charge in [-0.15, -0.1) is 0 Å². The maximum atomic E-state index is 10.9. The van der Waals surface area contributed by atoms with Gasteiger partial charge in [-0.25, -0.2) is 0 Å². The molecule has 25 heavy (non-hydrogen) atoms. The highest BCUT2D eigenvalue weighted by Gasteiger charge is 2.12. The smallest absolute Gasteiger partial charge is 0.271 e. The molecule has 0 fully saturated rings. The Kier molecular flexibility index (Phi) is 6.71. The molecule has 0 aliphatic heterocycles. The fourth-order valence-electron chi connectivity index (χ4n) is 2.33. The van der Waals surface area contributed by atoms with E-state index in [0.29, 0.717) is 16.5 Å². The van der Waals surface area contributed by atoms with Crippen molar-refractivity contribution >= 4 is 34.4 Å². The van der Waals surface area contributed by atoms with Gasteiger partial charge in [-0.05, 0) is 48.8 Å². The number of anilines is 2. The Hall–Kier alpha value is -2.67. The summed E-state index contributed by atoms with van der Waals surface area (Å²) in [6.07, 6.45) is 3.39. The second-order valence-corrected chi connectivity index (χ2v) is 5.93. The van der Waals surface area contributed by atoms with E-state index in [4.69, 9.17) is 17.0 Å². The van der Waals surface area contributed by atoms with Crippen molar-refractivity contribution in [3.63, 3.8) is 0 Å². The van der Waals surface area contributed by atoms with E-state index in [9.17, 15) is 10.1 Å². The van der Waals surface area contributed by atoms with E-state index >= 15 is 0 Å². The van der Waals surface area contributed by atoms with Crippen LogP contribution in [0.25, 0.3) is 0 Å². The summed E-state index contributed by atoms with van der Waals surface area (Å²) in [4.78, 5) is 10.5. The summed E-state index contributed by atoms with van der Waals surface area (Å²) in [7, 11) is 1.50. The SMILES string of the molecule is CCCCc1ccc(NC(=S)Nc2cc([N+](=O)[O-])ccc2OC)cc1. The van der Waals surface area contributed by atoms with Gasteiger partial charge in [0.1, 0.15) is 5.75 Å². The van der Waals surface area contributed by atoms with Crippen molar-refractivity contribution in [3.8, 4) is 5.75 Å². The zero-order valence-corrected chi connectivity index (χ0v) is 15.1. The van der Waals surface area contributed by atoms with Gasteiger partial charge in [0.25, 0.3) is 5.69 Å². The van der Waals surface area contributed by atoms with Crippen LogP contribution in [0.5, 0.6) is 5.75 Å². The summed E-state index contributed by atoms with van der Waals surface area (Å²) in [5.41, 5.74) is 2.54. The molecule has 0 bridgehead atoms. The number of nitro benzene ring substituents is 1. The number of unbranched alkanes of at least 4 members (excludes halogenated alkanes) is 1. The average Bonchev–Trinajstić information content (AvgIpc) is 2.61. The van der Waals surface area contributed by atoms with Crippen molar-refractivity contribution < 1.29 is 9.66 Å². The zero-order chi connectivity index (χ0) is 18.2. The highest BCUT2D eigenvalue weighted by molar-refractivity contribution is 7.80. The lowest BCUT2D eigenvalue weighted by molar-refractivity contribution is -0.384. The number of nitro groups is 1. The monoisotopic (exact) mass is 359 g/mol. The van der Waals surface area contributed by atoms with Gasteiger partial charge in [0.15, 0.2) is 5.11 Å². The summed E-state index contributed by atoms with van der Waals surface area (Å²) in [5.74, 6) is 0.477. The van der Waals surface area contributed by atoms with Crippen LogP contribution in [-0.4, -0.2) is 17.1 Å². The molecule has 2 rings (SSSR count). The molecule has 0 heterocycles. The van der Waals surface area contributed by atoms with E-state index in [0.717, 1.165) is 12.1 Å². The van der Waals surface area contributed by atoms with Gasteiger partial charge in [0.2, 0.25) is 0 Å². The third-order valence-corrected chi connectivity index (χ3v) is 3.88. The number of benzene rings is 2. The lowest BCUT2D eigenvalue weighted by Crippen LogP contribution is -2.19. The second-order valence-electron chi connectivity index (χ2n) is 5.52. The average molecular weight is 359 g/mol. The molecule has 0 aliphatic rings. The number of hydrogen-bond donors (Lipinski definition) is 2. The van der Waals surface area contributed by atoms with Crippen LogP contribution in [0.3, 0.4) is 0 Å². The Balaban J connectivity index is 2.04. The summed E-state index contributed by atoms with van der Waals surface area (Å²) in [6.45, 7) is 2.17. The third kappa shape index (κ3) is 5.42. The Morgan fingerprint density at radius 2 is 1.92 bits per heavy atom. The maximum absolute atomic E-state index is 10.9. The van der Waals surface area contributed by atoms with Gasteiger partial charge in [-0.1, -0.05) is 25.5 Å². The highest BCUT2D eigenvalue weighted by atomic mass is 32.1. The molecule has 7 heteroatoms. The largest absolute Gasteiger partial charge is 0.495 e. The predicted octanol–water partition coefficient (Wildman–Crippen LogP) is 4.75. The summed E-state index contributed by atoms with van der Waals surface area (Å²) in [5, 5.41) is 17.3. The van der Waals surface area contributed by atoms with Crippen molar-refractivity contribution in [1.82, 2.24) is 0 Å². The standard InChI is InChI=1S/C18H21N3O3S/c1-3-4-5-13-6-8-14(9-7-13)19-18(25)20-16-12-15(21(22)23)10-11-17(16)24-2/h6-12H,3-5H2,1-2H3,(H2,19,20,25). The molecule has 0 atom stereocenters. The molecule has 2 aromatic rings. The van der Waals surface area contributed by atoms with Crippen LogP contribution in [0.15, 0.2) is 42.5 Å². The number of aryl methyl sites for hydroxylation is 1. The first-order chi connectivity index (χ1) is 12.0. The molecule has 6 nitrogen and oxygen atoms in total. The molecule has 2 N–H and O–H groups in total. The lowest BCUT2D eigenvalue weighted by Gasteiger charge is -2.13. The maximum Gasteiger partial charge on any atom is 0.271 e. The molecule has 0 aromatic heterocycles. The second kappa shape index (κ2) is 8.98. The topological polar surface area (TPSA) is 76.4 Å². The molecule has 132 valence electrons. The van der Waals surface area contributed by atoms with E-state index in [1.54, 1.807) is 0 Å². The van der Waals surface area contributed by atoms with E-state index in [2.05, 4.69) is 29.7 Å². The van der Waals surface area contributed by atoms with Crippen LogP contribution in [0.4, 0.5) is 17.1 Å².